The van der Waals surface area contributed by atoms with Gasteiger partial charge >= 0.3 is 0 Å². The van der Waals surface area contributed by atoms with E-state index in [-0.39, 0.29) is 12.6 Å². The highest BCUT2D eigenvalue weighted by atomic mass is 16.5. The monoisotopic (exact) mass is 351 g/mol. The van der Waals surface area contributed by atoms with Crippen LogP contribution >= 0.6 is 0 Å². The lowest BCUT2D eigenvalue weighted by molar-refractivity contribution is 0.0729. The van der Waals surface area contributed by atoms with E-state index in [9.17, 15) is 5.11 Å². The molecule has 0 aromatic heterocycles. The van der Waals surface area contributed by atoms with Crippen molar-refractivity contribution in [1.82, 2.24) is 4.90 Å². The number of ether oxygens (including phenoxy) is 1. The second-order valence-corrected chi connectivity index (χ2v) is 7.66. The first kappa shape index (κ1) is 17.4. The number of nitrogens with zero attached hydrogens (tertiary/aromatic N) is 1. The van der Waals surface area contributed by atoms with Gasteiger partial charge in [-0.1, -0.05) is 48.6 Å². The highest BCUT2D eigenvalue weighted by Crippen LogP contribution is 2.47. The lowest BCUT2D eigenvalue weighted by atomic mass is 9.67. The normalized spacial score (nSPS) is 30.2. The van der Waals surface area contributed by atoms with Crippen LogP contribution < -0.4 is 0 Å². The number of hydrogen-bond acceptors (Lipinski definition) is 3. The SMILES string of the molecule is COC1=CC=CC2C1CC=C1[C@H]2CCC(CO)N1CCc1ccccc1. The van der Waals surface area contributed by atoms with Gasteiger partial charge in [-0.25, -0.2) is 0 Å². The average Bonchev–Trinajstić information content (AvgIpc) is 2.71. The summed E-state index contributed by atoms with van der Waals surface area (Å²) in [5, 5.41) is 9.95. The van der Waals surface area contributed by atoms with Crippen molar-refractivity contribution < 1.29 is 9.84 Å². The number of piperidine rings is 1. The van der Waals surface area contributed by atoms with E-state index in [2.05, 4.69) is 59.5 Å². The Balaban J connectivity index is 1.56. The van der Waals surface area contributed by atoms with Crippen LogP contribution in [0.15, 0.2) is 66.1 Å². The van der Waals surface area contributed by atoms with E-state index in [4.69, 9.17) is 4.74 Å². The fraction of sp³-hybridized carbons (Fsp3) is 0.478. The summed E-state index contributed by atoms with van der Waals surface area (Å²) in [4.78, 5) is 2.50. The predicted octanol–water partition coefficient (Wildman–Crippen LogP) is 3.92. The lowest BCUT2D eigenvalue weighted by Crippen LogP contribution is -2.48. The standard InChI is InChI=1S/C23H29NO2/c1-26-23-9-5-8-19-20-11-10-18(16-25)24(22(20)13-12-21(19)23)15-14-17-6-3-2-4-7-17/h2-9,13,18-21,25H,10-12,14-16H2,1H3/t18?,19?,20-,21?/m0/s1. The third-order valence-corrected chi connectivity index (χ3v) is 6.36. The molecule has 1 fully saturated rings. The summed E-state index contributed by atoms with van der Waals surface area (Å²) in [6.07, 6.45) is 13.3. The molecule has 0 saturated carbocycles. The first-order valence-corrected chi connectivity index (χ1v) is 9.85. The first-order chi connectivity index (χ1) is 12.8. The van der Waals surface area contributed by atoms with Gasteiger partial charge in [-0.2, -0.15) is 0 Å². The topological polar surface area (TPSA) is 32.7 Å². The number of rotatable bonds is 5. The summed E-state index contributed by atoms with van der Waals surface area (Å²) in [5.41, 5.74) is 2.82. The Hall–Kier alpha value is -2.00. The maximum Gasteiger partial charge on any atom is 0.0995 e. The van der Waals surface area contributed by atoms with Gasteiger partial charge < -0.3 is 14.7 Å². The third kappa shape index (κ3) is 3.21. The van der Waals surface area contributed by atoms with Gasteiger partial charge in [-0.3, -0.25) is 0 Å². The molecule has 0 bridgehead atoms. The van der Waals surface area contributed by atoms with Crippen LogP contribution in [-0.2, 0) is 11.2 Å². The number of benzene rings is 1. The molecular weight excluding hydrogens is 322 g/mol. The van der Waals surface area contributed by atoms with Gasteiger partial charge in [0.05, 0.1) is 25.5 Å². The quantitative estimate of drug-likeness (QED) is 0.873. The van der Waals surface area contributed by atoms with Crippen molar-refractivity contribution >= 4 is 0 Å². The van der Waals surface area contributed by atoms with E-state index < -0.39 is 0 Å². The van der Waals surface area contributed by atoms with Crippen LogP contribution in [0.1, 0.15) is 24.8 Å². The van der Waals surface area contributed by atoms with E-state index in [0.29, 0.717) is 17.8 Å². The van der Waals surface area contributed by atoms with Gasteiger partial charge in [0.25, 0.3) is 0 Å². The Kier molecular flexibility index (Phi) is 5.16. The van der Waals surface area contributed by atoms with Gasteiger partial charge in [0, 0.05) is 24.1 Å². The Labute approximate surface area is 156 Å². The van der Waals surface area contributed by atoms with E-state index in [1.165, 1.54) is 11.3 Å². The molecule has 2 aliphatic carbocycles. The molecule has 1 heterocycles. The van der Waals surface area contributed by atoms with Crippen molar-refractivity contribution in [3.63, 3.8) is 0 Å². The minimum absolute atomic E-state index is 0.242. The number of fused-ring (bicyclic) bond motifs is 3. The van der Waals surface area contributed by atoms with Crippen LogP contribution in [0.5, 0.6) is 0 Å². The van der Waals surface area contributed by atoms with E-state index in [1.807, 2.05) is 0 Å². The minimum Gasteiger partial charge on any atom is -0.501 e. The summed E-state index contributed by atoms with van der Waals surface area (Å²) < 4.78 is 5.64. The zero-order valence-electron chi connectivity index (χ0n) is 15.6. The van der Waals surface area contributed by atoms with Gasteiger partial charge in [0.2, 0.25) is 0 Å². The van der Waals surface area contributed by atoms with Crippen LogP contribution in [0.3, 0.4) is 0 Å². The molecule has 4 atom stereocenters. The zero-order valence-corrected chi connectivity index (χ0v) is 15.6. The summed E-state index contributed by atoms with van der Waals surface area (Å²) in [5.74, 6) is 2.66. The second kappa shape index (κ2) is 7.71. The molecule has 1 aliphatic heterocycles. The van der Waals surface area contributed by atoms with Crippen LogP contribution in [0.25, 0.3) is 0 Å². The second-order valence-electron chi connectivity index (χ2n) is 7.66. The molecule has 4 rings (SSSR count). The smallest absolute Gasteiger partial charge is 0.0995 e. The Morgan fingerprint density at radius 2 is 2.00 bits per heavy atom. The van der Waals surface area contributed by atoms with E-state index in [1.54, 1.807) is 7.11 Å². The van der Waals surface area contributed by atoms with Crippen molar-refractivity contribution in [1.29, 1.82) is 0 Å². The number of hydrogen-bond donors (Lipinski definition) is 1. The maximum absolute atomic E-state index is 9.95. The molecule has 26 heavy (non-hydrogen) atoms. The molecule has 1 N–H and O–H groups in total. The molecule has 1 aromatic carbocycles. The third-order valence-electron chi connectivity index (χ3n) is 6.36. The van der Waals surface area contributed by atoms with Gasteiger partial charge in [-0.05, 0) is 43.2 Å². The summed E-state index contributed by atoms with van der Waals surface area (Å²) >= 11 is 0. The van der Waals surface area contributed by atoms with Crippen molar-refractivity contribution in [3.8, 4) is 0 Å². The zero-order chi connectivity index (χ0) is 17.9. The summed E-state index contributed by atoms with van der Waals surface area (Å²) in [6, 6.07) is 10.9. The molecule has 138 valence electrons. The number of allylic oxidation sites excluding steroid dienone is 6. The summed E-state index contributed by atoms with van der Waals surface area (Å²) in [6.45, 7) is 1.22. The lowest BCUT2D eigenvalue weighted by Gasteiger charge is -2.49. The fourth-order valence-electron chi connectivity index (χ4n) is 5.03. The number of methoxy groups -OCH3 is 1. The molecule has 3 heteroatoms. The van der Waals surface area contributed by atoms with Gasteiger partial charge in [0.15, 0.2) is 0 Å². The predicted molar refractivity (Wildman–Crippen MR) is 104 cm³/mol. The van der Waals surface area contributed by atoms with Gasteiger partial charge in [0.1, 0.15) is 0 Å². The Morgan fingerprint density at radius 1 is 1.15 bits per heavy atom. The molecule has 3 aliphatic rings. The number of likely N-dealkylation sites (tertiary alicyclic amines) is 1. The van der Waals surface area contributed by atoms with Crippen LogP contribution in [0.4, 0.5) is 0 Å². The number of aliphatic hydroxyl groups excluding tert-OH is 1. The summed E-state index contributed by atoms with van der Waals surface area (Å²) in [7, 11) is 1.79. The fourth-order valence-corrected chi connectivity index (χ4v) is 5.03. The highest BCUT2D eigenvalue weighted by Gasteiger charge is 2.42. The van der Waals surface area contributed by atoms with Crippen LogP contribution in [0.2, 0.25) is 0 Å². The van der Waals surface area contributed by atoms with E-state index >= 15 is 0 Å². The molecule has 3 unspecified atom stereocenters. The van der Waals surface area contributed by atoms with Crippen LogP contribution in [-0.4, -0.2) is 36.3 Å². The van der Waals surface area contributed by atoms with Crippen LogP contribution in [0, 0.1) is 17.8 Å². The Bertz CT molecular complexity index is 706. The number of aliphatic hydroxyl groups is 1. The average molecular weight is 351 g/mol. The van der Waals surface area contributed by atoms with Crippen molar-refractivity contribution in [2.75, 3.05) is 20.3 Å². The molecule has 0 spiro atoms. The Morgan fingerprint density at radius 3 is 2.77 bits per heavy atom. The van der Waals surface area contributed by atoms with Gasteiger partial charge in [-0.15, -0.1) is 0 Å². The van der Waals surface area contributed by atoms with Crippen molar-refractivity contribution in [2.45, 2.75) is 31.7 Å². The first-order valence-electron chi connectivity index (χ1n) is 9.85. The largest absolute Gasteiger partial charge is 0.501 e. The minimum atomic E-state index is 0.242. The molecular formula is C23H29NO2. The highest BCUT2D eigenvalue weighted by molar-refractivity contribution is 5.29. The molecule has 1 saturated heterocycles. The molecule has 3 nitrogen and oxygen atoms in total. The van der Waals surface area contributed by atoms with Crippen molar-refractivity contribution in [3.05, 3.63) is 71.7 Å². The molecule has 1 aromatic rings. The van der Waals surface area contributed by atoms with E-state index in [0.717, 1.165) is 38.0 Å². The maximum atomic E-state index is 9.95. The van der Waals surface area contributed by atoms with Crippen molar-refractivity contribution in [2.24, 2.45) is 17.8 Å². The molecule has 0 amide bonds. The molecule has 0 radical (unpaired) electrons.